The average Bonchev–Trinajstić information content (AvgIpc) is 3.11. The smallest absolute Gasteiger partial charge is 0.0616 e. The SMILES string of the molecule is [2H]c1cc2c(c([2H])c1[2H])c([2H])c([2H])c1c([2H])c3c([2H])c([2H])c([2H])c([2H])c3c(-c3c([2H])c([2H])c4c([2H])c([2H])c5c([2H])c([2H])c([2H])c6c([2H])c([2H])c3c4c56)c12. The molecule has 34 heavy (non-hydrogen) atoms. The molecule has 0 nitrogen and oxygen atoms in total. The second-order valence-corrected chi connectivity index (χ2v) is 7.83. The van der Waals surface area contributed by atoms with Crippen molar-refractivity contribution < 1.29 is 26.0 Å². The number of benzene rings is 8. The zero-order chi connectivity index (χ0) is 38.8. The Morgan fingerprint density at radius 2 is 1.03 bits per heavy atom. The molecule has 0 unspecified atom stereocenters. The average molecular weight is 448 g/mol. The fourth-order valence-corrected chi connectivity index (χ4v) is 4.66. The van der Waals surface area contributed by atoms with Crippen molar-refractivity contribution in [3.05, 3.63) is 121 Å². The largest absolute Gasteiger partial charge is 0.0636 e. The maximum Gasteiger partial charge on any atom is 0.0636 e. The van der Waals surface area contributed by atoms with Crippen LogP contribution in [0.2, 0.25) is 0 Å². The van der Waals surface area contributed by atoms with Gasteiger partial charge in [0.2, 0.25) is 0 Å². The summed E-state index contributed by atoms with van der Waals surface area (Å²) in [6.07, 6.45) is 0. The van der Waals surface area contributed by atoms with Crippen LogP contribution in [0.4, 0.5) is 0 Å². The van der Waals surface area contributed by atoms with Crippen LogP contribution >= 0.6 is 0 Å². The zero-order valence-corrected chi connectivity index (χ0v) is 17.1. The Morgan fingerprint density at radius 3 is 1.94 bits per heavy atom. The summed E-state index contributed by atoms with van der Waals surface area (Å²) in [7, 11) is 0. The van der Waals surface area contributed by atoms with E-state index in [1.165, 1.54) is 0 Å². The van der Waals surface area contributed by atoms with Gasteiger partial charge in [-0.2, -0.15) is 0 Å². The van der Waals surface area contributed by atoms with Crippen LogP contribution in [-0.2, 0) is 0 Å². The van der Waals surface area contributed by atoms with Crippen LogP contribution in [0.25, 0.3) is 75.8 Å². The van der Waals surface area contributed by atoms with E-state index in [9.17, 15) is 5.48 Å². The Bertz CT molecular complexity index is 3070. The standard InChI is InChI=1S/C34H20/c1-3-10-27-21(6-1)12-15-26-20-25-7-2-4-11-28(25)34(33(26)27)30-19-17-24-14-13-22-8-5-9-23-16-18-29(30)32(24)31(22)23/h1-20H/i1D,2D,3D,4D,5D,6D,7D,8D,9D,11D,12D,13D,14D,15D,16D,17D,18D,19D,20D. The van der Waals surface area contributed by atoms with Gasteiger partial charge in [-0.1, -0.05) is 115 Å². The van der Waals surface area contributed by atoms with Gasteiger partial charge in [-0.3, -0.25) is 0 Å². The lowest BCUT2D eigenvalue weighted by atomic mass is 9.85. The van der Waals surface area contributed by atoms with E-state index in [1.54, 1.807) is 0 Å². The molecule has 0 aliphatic heterocycles. The summed E-state index contributed by atoms with van der Waals surface area (Å²) < 4.78 is 168. The minimum atomic E-state index is -0.776. The minimum absolute atomic E-state index is 0.172. The van der Waals surface area contributed by atoms with E-state index in [0.717, 1.165) is 6.07 Å². The highest BCUT2D eigenvalue weighted by atomic mass is 14.2. The van der Waals surface area contributed by atoms with E-state index in [1.807, 2.05) is 0 Å². The van der Waals surface area contributed by atoms with Crippen molar-refractivity contribution in [2.75, 3.05) is 0 Å². The molecule has 8 aromatic carbocycles. The molecule has 0 saturated heterocycles. The Kier molecular flexibility index (Phi) is 1.51. The summed E-state index contributed by atoms with van der Waals surface area (Å²) in [6, 6.07) is -11.6. The van der Waals surface area contributed by atoms with Crippen molar-refractivity contribution in [2.45, 2.75) is 0 Å². The van der Waals surface area contributed by atoms with E-state index in [2.05, 4.69) is 0 Å². The number of hydrogen-bond donors (Lipinski definition) is 0. The quantitative estimate of drug-likeness (QED) is 0.173. The molecular formula is C34H20. The Hall–Kier alpha value is -4.42. The van der Waals surface area contributed by atoms with Crippen molar-refractivity contribution >= 4 is 64.6 Å². The first kappa shape index (κ1) is 7.82. The van der Waals surface area contributed by atoms with Crippen LogP contribution < -0.4 is 0 Å². The molecular weight excluding hydrogens is 408 g/mol. The van der Waals surface area contributed by atoms with Crippen molar-refractivity contribution in [1.29, 1.82) is 0 Å². The first-order valence-corrected chi connectivity index (χ1v) is 10.3. The monoisotopic (exact) mass is 447 g/mol. The topological polar surface area (TPSA) is 0 Å². The van der Waals surface area contributed by atoms with Gasteiger partial charge in [-0.05, 0) is 81.8 Å². The molecule has 0 N–H and O–H groups in total. The summed E-state index contributed by atoms with van der Waals surface area (Å²) in [5.41, 5.74) is -0.811. The van der Waals surface area contributed by atoms with E-state index in [0.29, 0.717) is 0 Å². The molecule has 0 heterocycles. The number of hydrogen-bond acceptors (Lipinski definition) is 0. The van der Waals surface area contributed by atoms with Gasteiger partial charge in [0, 0.05) is 0 Å². The van der Waals surface area contributed by atoms with Crippen molar-refractivity contribution in [1.82, 2.24) is 0 Å². The Balaban J connectivity index is 1.86. The molecule has 156 valence electrons. The second kappa shape index (κ2) is 6.56. The third-order valence-corrected chi connectivity index (χ3v) is 6.08. The highest BCUT2D eigenvalue weighted by Gasteiger charge is 2.17. The fraction of sp³-hybridized carbons (Fsp3) is 0. The Labute approximate surface area is 223 Å². The van der Waals surface area contributed by atoms with Crippen molar-refractivity contribution in [3.8, 4) is 11.1 Å². The van der Waals surface area contributed by atoms with Gasteiger partial charge in [0.15, 0.2) is 0 Å². The molecule has 0 heteroatoms. The van der Waals surface area contributed by atoms with Gasteiger partial charge in [-0.25, -0.2) is 0 Å². The molecule has 0 aromatic heterocycles. The second-order valence-electron chi connectivity index (χ2n) is 7.83. The van der Waals surface area contributed by atoms with Crippen LogP contribution in [0.1, 0.15) is 26.0 Å². The third-order valence-electron chi connectivity index (χ3n) is 6.08. The summed E-state index contributed by atoms with van der Waals surface area (Å²) in [4.78, 5) is 0. The summed E-state index contributed by atoms with van der Waals surface area (Å²) in [5, 5.41) is -3.75. The maximum absolute atomic E-state index is 9.45. The number of fused-ring (bicyclic) bond motifs is 4. The lowest BCUT2D eigenvalue weighted by Gasteiger charge is -2.18. The highest BCUT2D eigenvalue weighted by Crippen LogP contribution is 2.45. The van der Waals surface area contributed by atoms with Crippen LogP contribution in [0.5, 0.6) is 0 Å². The van der Waals surface area contributed by atoms with Gasteiger partial charge in [0.05, 0.1) is 26.0 Å². The Morgan fingerprint density at radius 1 is 0.382 bits per heavy atom. The summed E-state index contributed by atoms with van der Waals surface area (Å²) >= 11 is 0. The number of rotatable bonds is 1. The normalized spacial score (nSPS) is 19.9. The first-order valence-electron chi connectivity index (χ1n) is 19.8. The molecule has 0 spiro atoms. The fourth-order valence-electron chi connectivity index (χ4n) is 4.66. The van der Waals surface area contributed by atoms with E-state index in [-0.39, 0.29) is 54.0 Å². The van der Waals surface area contributed by atoms with E-state index >= 15 is 0 Å². The zero-order valence-electron chi connectivity index (χ0n) is 36.1. The molecule has 0 radical (unpaired) electrons. The highest BCUT2D eigenvalue weighted by molar-refractivity contribution is 6.29. The molecule has 8 aromatic rings. The van der Waals surface area contributed by atoms with Crippen LogP contribution in [-0.4, -0.2) is 0 Å². The van der Waals surface area contributed by atoms with Crippen LogP contribution in [0, 0.1) is 0 Å². The molecule has 0 aliphatic rings. The molecule has 0 bridgehead atoms. The molecule has 0 amide bonds. The van der Waals surface area contributed by atoms with Gasteiger partial charge >= 0.3 is 0 Å². The summed E-state index contributed by atoms with van der Waals surface area (Å²) in [5.74, 6) is 0. The van der Waals surface area contributed by atoms with Gasteiger partial charge in [0.1, 0.15) is 0 Å². The van der Waals surface area contributed by atoms with Crippen LogP contribution in [0.15, 0.2) is 121 Å². The lowest BCUT2D eigenvalue weighted by Crippen LogP contribution is -1.91. The summed E-state index contributed by atoms with van der Waals surface area (Å²) in [6.45, 7) is 0. The first-order chi connectivity index (χ1) is 24.8. The minimum Gasteiger partial charge on any atom is -0.0616 e. The molecule has 0 atom stereocenters. The molecule has 0 aliphatic carbocycles. The van der Waals surface area contributed by atoms with Crippen molar-refractivity contribution in [2.24, 2.45) is 0 Å². The van der Waals surface area contributed by atoms with Gasteiger partial charge < -0.3 is 0 Å². The third kappa shape index (κ3) is 2.32. The van der Waals surface area contributed by atoms with E-state index < -0.39 is 137 Å². The van der Waals surface area contributed by atoms with Crippen LogP contribution in [0.3, 0.4) is 0 Å². The van der Waals surface area contributed by atoms with Gasteiger partial charge in [0.25, 0.3) is 0 Å². The predicted molar refractivity (Wildman–Crippen MR) is 148 cm³/mol. The van der Waals surface area contributed by atoms with Gasteiger partial charge in [-0.15, -0.1) is 0 Å². The molecule has 0 fully saturated rings. The van der Waals surface area contributed by atoms with E-state index in [4.69, 9.17) is 20.6 Å². The predicted octanol–water partition coefficient (Wildman–Crippen LogP) is 9.71. The maximum atomic E-state index is 9.45. The molecule has 0 saturated carbocycles. The molecule has 8 rings (SSSR count). The van der Waals surface area contributed by atoms with Crippen molar-refractivity contribution in [3.63, 3.8) is 0 Å². The lowest BCUT2D eigenvalue weighted by molar-refractivity contribution is 1.73.